The first-order chi connectivity index (χ1) is 7.54. The van der Waals surface area contributed by atoms with Gasteiger partial charge in [0.05, 0.1) is 6.61 Å². The number of fused-ring (bicyclic) bond motifs is 1. The van der Waals surface area contributed by atoms with Crippen molar-refractivity contribution in [3.8, 4) is 5.75 Å². The Hall–Kier alpha value is -1.35. The van der Waals surface area contributed by atoms with Gasteiger partial charge in [-0.3, -0.25) is 4.79 Å². The van der Waals surface area contributed by atoms with Crippen molar-refractivity contribution in [2.75, 3.05) is 13.7 Å². The largest absolute Gasteiger partial charge is 0.493 e. The van der Waals surface area contributed by atoms with Gasteiger partial charge in [0, 0.05) is 19.1 Å². The van der Waals surface area contributed by atoms with Gasteiger partial charge in [-0.25, -0.2) is 0 Å². The molecule has 0 radical (unpaired) electrons. The highest BCUT2D eigenvalue weighted by atomic mass is 16.5. The second-order valence-corrected chi connectivity index (χ2v) is 4.46. The summed E-state index contributed by atoms with van der Waals surface area (Å²) in [6.07, 6.45) is 0.879. The van der Waals surface area contributed by atoms with E-state index in [2.05, 4.69) is 0 Å². The fourth-order valence-corrected chi connectivity index (χ4v) is 1.77. The lowest BCUT2D eigenvalue weighted by molar-refractivity contribution is 0.0228. The van der Waals surface area contributed by atoms with Crippen LogP contribution in [0.1, 0.15) is 29.8 Å². The maximum atomic E-state index is 12.1. The van der Waals surface area contributed by atoms with Gasteiger partial charge in [-0.05, 0) is 37.6 Å². The summed E-state index contributed by atoms with van der Waals surface area (Å²) in [6, 6.07) is 5.57. The molecule has 1 aliphatic rings. The second kappa shape index (κ2) is 3.91. The zero-order chi connectivity index (χ0) is 11.8. The molecule has 0 spiro atoms. The quantitative estimate of drug-likeness (QED) is 0.733. The Balaban J connectivity index is 2.32. The van der Waals surface area contributed by atoms with Crippen LogP contribution < -0.4 is 4.74 Å². The van der Waals surface area contributed by atoms with Gasteiger partial charge in [0.1, 0.15) is 11.4 Å². The van der Waals surface area contributed by atoms with Gasteiger partial charge in [-0.15, -0.1) is 0 Å². The number of benzene rings is 1. The van der Waals surface area contributed by atoms with Gasteiger partial charge in [-0.2, -0.15) is 0 Å². The van der Waals surface area contributed by atoms with E-state index >= 15 is 0 Å². The summed E-state index contributed by atoms with van der Waals surface area (Å²) >= 11 is 0. The smallest absolute Gasteiger partial charge is 0.194 e. The highest BCUT2D eigenvalue weighted by Gasteiger charge is 2.29. The topological polar surface area (TPSA) is 35.5 Å². The molecule has 0 atom stereocenters. The number of hydrogen-bond donors (Lipinski definition) is 0. The summed E-state index contributed by atoms with van der Waals surface area (Å²) in [5.74, 6) is 0.900. The maximum Gasteiger partial charge on any atom is 0.194 e. The lowest BCUT2D eigenvalue weighted by Crippen LogP contribution is -2.33. The molecule has 1 heterocycles. The first-order valence-corrected chi connectivity index (χ1v) is 5.40. The van der Waals surface area contributed by atoms with E-state index in [0.717, 1.165) is 17.7 Å². The summed E-state index contributed by atoms with van der Waals surface area (Å²) in [7, 11) is 1.55. The van der Waals surface area contributed by atoms with E-state index in [-0.39, 0.29) is 5.78 Å². The fraction of sp³-hybridized carbons (Fsp3) is 0.462. The Bertz CT molecular complexity index is 421. The fourth-order valence-electron chi connectivity index (χ4n) is 1.77. The van der Waals surface area contributed by atoms with Crippen LogP contribution in [0, 0.1) is 0 Å². The molecule has 0 aromatic heterocycles. The zero-order valence-corrected chi connectivity index (χ0v) is 9.87. The lowest BCUT2D eigenvalue weighted by atomic mass is 9.95. The minimum atomic E-state index is -0.770. The van der Waals surface area contributed by atoms with E-state index in [1.54, 1.807) is 27.0 Å². The number of carbonyl (C=O) groups excluding carboxylic acids is 1. The molecule has 86 valence electrons. The van der Waals surface area contributed by atoms with Crippen molar-refractivity contribution in [2.24, 2.45) is 0 Å². The van der Waals surface area contributed by atoms with Crippen LogP contribution in [0.2, 0.25) is 0 Å². The zero-order valence-electron chi connectivity index (χ0n) is 9.87. The van der Waals surface area contributed by atoms with Gasteiger partial charge >= 0.3 is 0 Å². The van der Waals surface area contributed by atoms with Crippen molar-refractivity contribution in [1.29, 1.82) is 0 Å². The standard InChI is InChI=1S/C13H16O3/c1-13(2,15-3)12(14)10-4-5-11-9(8-10)6-7-16-11/h4-5,8H,6-7H2,1-3H3. The third kappa shape index (κ3) is 1.83. The minimum Gasteiger partial charge on any atom is -0.493 e. The Morgan fingerprint density at radius 3 is 2.88 bits per heavy atom. The molecule has 0 N–H and O–H groups in total. The summed E-state index contributed by atoms with van der Waals surface area (Å²) in [6.45, 7) is 4.26. The molecule has 0 fully saturated rings. The number of hydrogen-bond acceptors (Lipinski definition) is 3. The Morgan fingerprint density at radius 2 is 2.19 bits per heavy atom. The van der Waals surface area contributed by atoms with Crippen LogP contribution in [0.25, 0.3) is 0 Å². The molecule has 0 aliphatic carbocycles. The summed E-state index contributed by atoms with van der Waals surface area (Å²) < 4.78 is 10.6. The van der Waals surface area contributed by atoms with Crippen molar-refractivity contribution in [1.82, 2.24) is 0 Å². The predicted octanol–water partition coefficient (Wildman–Crippen LogP) is 2.23. The van der Waals surface area contributed by atoms with Crippen LogP contribution in [-0.2, 0) is 11.2 Å². The van der Waals surface area contributed by atoms with Crippen LogP contribution in [0.15, 0.2) is 18.2 Å². The summed E-state index contributed by atoms with van der Waals surface area (Å²) in [4.78, 5) is 12.1. The SMILES string of the molecule is COC(C)(C)C(=O)c1ccc2c(c1)CCO2. The molecule has 0 unspecified atom stereocenters. The Morgan fingerprint density at radius 1 is 1.44 bits per heavy atom. The minimum absolute atomic E-state index is 0.00435. The summed E-state index contributed by atoms with van der Waals surface area (Å²) in [5.41, 5.74) is 1.03. The average Bonchev–Trinajstić information content (AvgIpc) is 2.74. The van der Waals surface area contributed by atoms with Crippen LogP contribution in [0.3, 0.4) is 0 Å². The van der Waals surface area contributed by atoms with E-state index in [9.17, 15) is 4.79 Å². The van der Waals surface area contributed by atoms with E-state index in [4.69, 9.17) is 9.47 Å². The predicted molar refractivity (Wildman–Crippen MR) is 61.1 cm³/mol. The molecule has 3 heteroatoms. The monoisotopic (exact) mass is 220 g/mol. The molecule has 16 heavy (non-hydrogen) atoms. The van der Waals surface area contributed by atoms with Crippen molar-refractivity contribution in [3.63, 3.8) is 0 Å². The molecule has 1 aromatic rings. The molecular weight excluding hydrogens is 204 g/mol. The van der Waals surface area contributed by atoms with E-state index in [0.29, 0.717) is 12.2 Å². The average molecular weight is 220 g/mol. The lowest BCUT2D eigenvalue weighted by Gasteiger charge is -2.21. The van der Waals surface area contributed by atoms with Gasteiger partial charge in [-0.1, -0.05) is 0 Å². The van der Waals surface area contributed by atoms with Crippen LogP contribution >= 0.6 is 0 Å². The first kappa shape index (κ1) is 11.1. The number of Topliss-reactive ketones (excluding diaryl/α,β-unsaturated/α-hetero) is 1. The van der Waals surface area contributed by atoms with Crippen LogP contribution in [0.5, 0.6) is 5.75 Å². The van der Waals surface area contributed by atoms with Gasteiger partial charge in [0.15, 0.2) is 5.78 Å². The van der Waals surface area contributed by atoms with Gasteiger partial charge in [0.2, 0.25) is 0 Å². The van der Waals surface area contributed by atoms with Gasteiger partial charge in [0.25, 0.3) is 0 Å². The summed E-state index contributed by atoms with van der Waals surface area (Å²) in [5, 5.41) is 0. The van der Waals surface area contributed by atoms with Crippen molar-refractivity contribution in [2.45, 2.75) is 25.9 Å². The first-order valence-electron chi connectivity index (χ1n) is 5.40. The van der Waals surface area contributed by atoms with E-state index < -0.39 is 5.60 Å². The van der Waals surface area contributed by atoms with Crippen molar-refractivity contribution in [3.05, 3.63) is 29.3 Å². The van der Waals surface area contributed by atoms with Crippen LogP contribution in [0.4, 0.5) is 0 Å². The molecule has 1 aromatic carbocycles. The second-order valence-electron chi connectivity index (χ2n) is 4.46. The van der Waals surface area contributed by atoms with E-state index in [1.165, 1.54) is 0 Å². The third-order valence-electron chi connectivity index (χ3n) is 3.01. The number of rotatable bonds is 3. The number of ketones is 1. The van der Waals surface area contributed by atoms with Crippen molar-refractivity contribution < 1.29 is 14.3 Å². The Labute approximate surface area is 95.4 Å². The number of carbonyl (C=O) groups is 1. The molecule has 3 nitrogen and oxygen atoms in total. The molecule has 0 saturated heterocycles. The number of methoxy groups -OCH3 is 1. The highest BCUT2D eigenvalue weighted by Crippen LogP contribution is 2.27. The maximum absolute atomic E-state index is 12.1. The van der Waals surface area contributed by atoms with Crippen molar-refractivity contribution >= 4 is 5.78 Å². The van der Waals surface area contributed by atoms with Gasteiger partial charge < -0.3 is 9.47 Å². The number of ether oxygens (including phenoxy) is 2. The molecule has 2 rings (SSSR count). The highest BCUT2D eigenvalue weighted by molar-refractivity contribution is 6.02. The molecular formula is C13H16O3. The van der Waals surface area contributed by atoms with Crippen LogP contribution in [-0.4, -0.2) is 25.1 Å². The Kier molecular flexibility index (Phi) is 2.72. The molecule has 0 amide bonds. The van der Waals surface area contributed by atoms with E-state index in [1.807, 2.05) is 12.1 Å². The molecule has 0 bridgehead atoms. The molecule has 0 saturated carbocycles. The third-order valence-corrected chi connectivity index (χ3v) is 3.01. The molecule has 1 aliphatic heterocycles. The normalized spacial score (nSPS) is 14.4.